The van der Waals surface area contributed by atoms with E-state index in [1.54, 1.807) is 0 Å². The van der Waals surface area contributed by atoms with Crippen LogP contribution in [0.5, 0.6) is 0 Å². The lowest BCUT2D eigenvalue weighted by molar-refractivity contribution is 0.0619. The number of nitrogens with zero attached hydrogens (tertiary/aromatic N) is 1. The van der Waals surface area contributed by atoms with Gasteiger partial charge in [0, 0.05) is 17.1 Å². The summed E-state index contributed by atoms with van der Waals surface area (Å²) in [6.45, 7) is 0.658. The molecule has 0 spiro atoms. The average molecular weight is 371 g/mol. The first-order valence-electron chi connectivity index (χ1n) is 5.40. The van der Waals surface area contributed by atoms with Crippen molar-refractivity contribution in [3.63, 3.8) is 0 Å². The number of benzene rings is 1. The molecule has 20 heavy (non-hydrogen) atoms. The van der Waals surface area contributed by atoms with Crippen molar-refractivity contribution in [2.45, 2.75) is 18.2 Å². The van der Waals surface area contributed by atoms with E-state index in [-0.39, 0.29) is 16.0 Å². The lowest BCUT2D eigenvalue weighted by atomic mass is 10.1. The van der Waals surface area contributed by atoms with E-state index in [1.807, 2.05) is 0 Å². The molecule has 0 aromatic heterocycles. The van der Waals surface area contributed by atoms with Crippen LogP contribution in [0.25, 0.3) is 0 Å². The lowest BCUT2D eigenvalue weighted by Crippen LogP contribution is -2.32. The third-order valence-corrected chi connectivity index (χ3v) is 4.12. The van der Waals surface area contributed by atoms with Gasteiger partial charge in [0.05, 0.1) is 11.4 Å². The number of hydrogen-bond donors (Lipinski definition) is 1. The Labute approximate surface area is 123 Å². The normalized spacial score (nSPS) is 11.8. The summed E-state index contributed by atoms with van der Waals surface area (Å²) in [4.78, 5) is 12.7. The number of alkyl halides is 2. The van der Waals surface area contributed by atoms with Crippen molar-refractivity contribution in [3.8, 4) is 0 Å². The van der Waals surface area contributed by atoms with Gasteiger partial charge in [0.15, 0.2) is 0 Å². The van der Waals surface area contributed by atoms with Gasteiger partial charge in [-0.25, -0.2) is 22.3 Å². The number of carbonyl (C=O) groups excluding carboxylic acids is 1. The summed E-state index contributed by atoms with van der Waals surface area (Å²) >= 11 is 3.07. The van der Waals surface area contributed by atoms with Gasteiger partial charge >= 0.3 is 0 Å². The monoisotopic (exact) mass is 370 g/mol. The largest absolute Gasteiger partial charge is 0.336 e. The molecule has 2 N–H and O–H groups in total. The average Bonchev–Trinajstić information content (AvgIpc) is 2.28. The maximum Gasteiger partial charge on any atom is 0.255 e. The maximum atomic E-state index is 12.3. The molecule has 0 aliphatic heterocycles. The van der Waals surface area contributed by atoms with Crippen molar-refractivity contribution in [1.29, 1.82) is 0 Å². The summed E-state index contributed by atoms with van der Waals surface area (Å²) in [5.41, 5.74) is 0.133. The second-order valence-electron chi connectivity index (χ2n) is 4.20. The van der Waals surface area contributed by atoms with E-state index in [1.165, 1.54) is 26.1 Å². The molecular formula is C11H13BrF2N2O3S. The zero-order valence-electron chi connectivity index (χ0n) is 10.7. The summed E-state index contributed by atoms with van der Waals surface area (Å²) in [5.74, 6) is -0.700. The van der Waals surface area contributed by atoms with Gasteiger partial charge in [-0.3, -0.25) is 4.79 Å². The van der Waals surface area contributed by atoms with Gasteiger partial charge < -0.3 is 4.90 Å². The van der Waals surface area contributed by atoms with E-state index in [4.69, 9.17) is 5.14 Å². The van der Waals surface area contributed by atoms with Gasteiger partial charge in [0.25, 0.3) is 12.3 Å². The van der Waals surface area contributed by atoms with Crippen molar-refractivity contribution in [1.82, 2.24) is 4.90 Å². The predicted molar refractivity (Wildman–Crippen MR) is 73.2 cm³/mol. The molecule has 0 aliphatic carbocycles. The molecule has 1 aromatic rings. The third-order valence-electron chi connectivity index (χ3n) is 2.62. The first kappa shape index (κ1) is 17.0. The molecule has 0 saturated carbocycles. The molecule has 0 fully saturated rings. The zero-order valence-corrected chi connectivity index (χ0v) is 13.1. The van der Waals surface area contributed by atoms with Crippen LogP contribution in [0.4, 0.5) is 8.78 Å². The van der Waals surface area contributed by atoms with E-state index in [0.717, 1.165) is 4.90 Å². The molecular weight excluding hydrogens is 358 g/mol. The quantitative estimate of drug-likeness (QED) is 0.876. The van der Waals surface area contributed by atoms with E-state index >= 15 is 0 Å². The van der Waals surface area contributed by atoms with Crippen LogP contribution < -0.4 is 5.14 Å². The minimum atomic E-state index is -4.01. The Kier molecular flexibility index (Phi) is 5.22. The number of halogens is 3. The number of amides is 1. The number of rotatable bonds is 4. The molecule has 1 rings (SSSR count). The lowest BCUT2D eigenvalue weighted by Gasteiger charge is -2.19. The fraction of sp³-hybridized carbons (Fsp3) is 0.364. The zero-order chi connectivity index (χ0) is 15.7. The van der Waals surface area contributed by atoms with Gasteiger partial charge in [-0.05, 0) is 24.6 Å². The van der Waals surface area contributed by atoms with Crippen molar-refractivity contribution < 1.29 is 22.0 Å². The second-order valence-corrected chi connectivity index (χ2v) is 6.64. The van der Waals surface area contributed by atoms with Gasteiger partial charge in [0.2, 0.25) is 10.0 Å². The van der Waals surface area contributed by atoms with Crippen LogP contribution >= 0.6 is 15.9 Å². The van der Waals surface area contributed by atoms with Crippen LogP contribution in [0.3, 0.4) is 0 Å². The highest BCUT2D eigenvalue weighted by atomic mass is 79.9. The molecule has 0 unspecified atom stereocenters. The van der Waals surface area contributed by atoms with Gasteiger partial charge in [-0.2, -0.15) is 0 Å². The van der Waals surface area contributed by atoms with Crippen LogP contribution in [0.15, 0.2) is 21.5 Å². The number of nitrogens with two attached hydrogens (primary N) is 1. The fourth-order valence-electron chi connectivity index (χ4n) is 1.67. The van der Waals surface area contributed by atoms with E-state index < -0.39 is 28.9 Å². The number of carbonyl (C=O) groups is 1. The second kappa shape index (κ2) is 6.15. The Bertz CT molecular complexity index is 635. The van der Waals surface area contributed by atoms with E-state index in [9.17, 15) is 22.0 Å². The molecule has 0 aliphatic rings. The third kappa shape index (κ3) is 3.97. The molecule has 0 bridgehead atoms. The van der Waals surface area contributed by atoms with E-state index in [0.29, 0.717) is 4.47 Å². The van der Waals surface area contributed by atoms with Crippen LogP contribution in [0.1, 0.15) is 15.9 Å². The highest BCUT2D eigenvalue weighted by Gasteiger charge is 2.22. The summed E-state index contributed by atoms with van der Waals surface area (Å²) in [6.07, 6.45) is -2.67. The van der Waals surface area contributed by atoms with Crippen molar-refractivity contribution in [2.75, 3.05) is 13.6 Å². The Balaban J connectivity index is 3.33. The number of primary sulfonamides is 1. The number of hydrogen-bond acceptors (Lipinski definition) is 3. The maximum absolute atomic E-state index is 12.3. The van der Waals surface area contributed by atoms with Crippen LogP contribution in [-0.2, 0) is 10.0 Å². The topological polar surface area (TPSA) is 80.5 Å². The highest BCUT2D eigenvalue weighted by Crippen LogP contribution is 2.25. The number of sulfonamides is 1. The first-order chi connectivity index (χ1) is 9.04. The Morgan fingerprint density at radius 2 is 2.00 bits per heavy atom. The minimum absolute atomic E-state index is 0.00606. The molecule has 0 radical (unpaired) electrons. The van der Waals surface area contributed by atoms with Crippen molar-refractivity contribution in [2.24, 2.45) is 5.14 Å². The smallest absolute Gasteiger partial charge is 0.255 e. The standard InChI is InChI=1S/C11H13BrF2N2O3S/c1-6-8(11(17)16(2)5-10(13)14)3-7(12)4-9(6)20(15,18)19/h3-4,10H,5H2,1-2H3,(H2,15,18,19). The Morgan fingerprint density at radius 1 is 1.45 bits per heavy atom. The van der Waals surface area contributed by atoms with Crippen molar-refractivity contribution in [3.05, 3.63) is 27.7 Å². The molecule has 0 heterocycles. The molecule has 9 heteroatoms. The summed E-state index contributed by atoms with van der Waals surface area (Å²) < 4.78 is 47.8. The minimum Gasteiger partial charge on any atom is -0.336 e. The van der Waals surface area contributed by atoms with Gasteiger partial charge in [0.1, 0.15) is 0 Å². The SMILES string of the molecule is Cc1c(C(=O)N(C)CC(F)F)cc(Br)cc1S(N)(=O)=O. The molecule has 5 nitrogen and oxygen atoms in total. The van der Waals surface area contributed by atoms with Gasteiger partial charge in [-0.1, -0.05) is 15.9 Å². The Morgan fingerprint density at radius 3 is 2.45 bits per heavy atom. The van der Waals surface area contributed by atoms with Gasteiger partial charge in [-0.15, -0.1) is 0 Å². The molecule has 1 amide bonds. The summed E-state index contributed by atoms with van der Waals surface area (Å²) in [6, 6.07) is 2.63. The Hall–Kier alpha value is -1.06. The molecule has 1 aromatic carbocycles. The first-order valence-corrected chi connectivity index (χ1v) is 7.74. The molecule has 0 atom stereocenters. The summed E-state index contributed by atoms with van der Waals surface area (Å²) in [7, 11) is -2.80. The summed E-state index contributed by atoms with van der Waals surface area (Å²) in [5, 5.41) is 5.06. The van der Waals surface area contributed by atoms with E-state index in [2.05, 4.69) is 15.9 Å². The van der Waals surface area contributed by atoms with Crippen LogP contribution in [0, 0.1) is 6.92 Å². The molecule has 112 valence electrons. The fourth-order valence-corrected chi connectivity index (χ4v) is 3.10. The van der Waals surface area contributed by atoms with Crippen LogP contribution in [0.2, 0.25) is 0 Å². The highest BCUT2D eigenvalue weighted by molar-refractivity contribution is 9.10. The molecule has 0 saturated heterocycles. The van der Waals surface area contributed by atoms with Crippen LogP contribution in [-0.4, -0.2) is 39.2 Å². The predicted octanol–water partition coefficient (Wildman–Crippen LogP) is 1.74. The van der Waals surface area contributed by atoms with Crippen molar-refractivity contribution >= 4 is 31.9 Å².